The Kier molecular flexibility index (Phi) is 7.59. The third-order valence-corrected chi connectivity index (χ3v) is 2.81. The zero-order chi connectivity index (χ0) is 14.8. The smallest absolute Gasteiger partial charge is 0.320 e. The fourth-order valence-electron chi connectivity index (χ4n) is 1.63. The first-order chi connectivity index (χ1) is 9.59. The Labute approximate surface area is 118 Å². The molecule has 0 amide bonds. The largest absolute Gasteiger partial charge is 0.480 e. The summed E-state index contributed by atoms with van der Waals surface area (Å²) in [5, 5.41) is 27.5. The molecule has 0 bridgehead atoms. The van der Waals surface area contributed by atoms with Crippen LogP contribution in [0.1, 0.15) is 37.3 Å². The minimum atomic E-state index is -0.932. The number of aryl methyl sites for hydroxylation is 2. The summed E-state index contributed by atoms with van der Waals surface area (Å²) in [5.41, 5.74) is 5.41. The summed E-state index contributed by atoms with van der Waals surface area (Å²) >= 11 is 0. The van der Waals surface area contributed by atoms with Crippen molar-refractivity contribution in [2.24, 2.45) is 5.73 Å². The van der Waals surface area contributed by atoms with Crippen molar-refractivity contribution in [1.29, 1.82) is 0 Å². The second-order valence-electron chi connectivity index (χ2n) is 4.66. The molecule has 1 aromatic rings. The van der Waals surface area contributed by atoms with Crippen molar-refractivity contribution in [2.45, 2.75) is 45.1 Å². The molecule has 0 aromatic carbocycles. The first-order valence-corrected chi connectivity index (χ1v) is 6.81. The summed E-state index contributed by atoms with van der Waals surface area (Å²) in [7, 11) is 0. The minimum absolute atomic E-state index is 0.519. The van der Waals surface area contributed by atoms with E-state index in [1.54, 1.807) is 6.92 Å². The molecule has 0 aliphatic heterocycles. The number of rotatable bonds is 10. The van der Waals surface area contributed by atoms with Gasteiger partial charge in [0.15, 0.2) is 11.6 Å². The minimum Gasteiger partial charge on any atom is -0.480 e. The third-order valence-electron chi connectivity index (χ3n) is 2.81. The van der Waals surface area contributed by atoms with Crippen molar-refractivity contribution in [3.05, 3.63) is 11.6 Å². The van der Waals surface area contributed by atoms with Gasteiger partial charge in [-0.05, 0) is 39.3 Å². The van der Waals surface area contributed by atoms with Gasteiger partial charge >= 0.3 is 5.97 Å². The van der Waals surface area contributed by atoms with Crippen molar-refractivity contribution in [1.82, 2.24) is 25.7 Å². The highest BCUT2D eigenvalue weighted by Gasteiger charge is 2.09. The third kappa shape index (κ3) is 7.05. The second-order valence-corrected chi connectivity index (χ2v) is 4.66. The summed E-state index contributed by atoms with van der Waals surface area (Å²) in [6.07, 6.45) is 3.92. The molecule has 1 unspecified atom stereocenters. The molecular formula is C12H22N6O2. The average Bonchev–Trinajstić information content (AvgIpc) is 2.43. The molecule has 112 valence electrons. The highest BCUT2D eigenvalue weighted by atomic mass is 16.4. The van der Waals surface area contributed by atoms with E-state index in [1.165, 1.54) is 0 Å². The van der Waals surface area contributed by atoms with Crippen LogP contribution < -0.4 is 11.1 Å². The van der Waals surface area contributed by atoms with Crippen molar-refractivity contribution in [2.75, 3.05) is 13.1 Å². The number of nitrogens with zero attached hydrogens (tertiary/aromatic N) is 4. The van der Waals surface area contributed by atoms with Gasteiger partial charge in [-0.25, -0.2) is 0 Å². The van der Waals surface area contributed by atoms with E-state index < -0.39 is 12.0 Å². The van der Waals surface area contributed by atoms with Crippen LogP contribution in [0, 0.1) is 6.92 Å². The summed E-state index contributed by atoms with van der Waals surface area (Å²) in [5.74, 6) is 0.301. The molecule has 0 saturated carbocycles. The molecule has 8 heteroatoms. The monoisotopic (exact) mass is 282 g/mol. The van der Waals surface area contributed by atoms with Gasteiger partial charge in [0, 0.05) is 6.42 Å². The van der Waals surface area contributed by atoms with Gasteiger partial charge < -0.3 is 16.2 Å². The second kappa shape index (κ2) is 9.27. The number of nitrogens with two attached hydrogens (primary N) is 1. The number of aromatic nitrogens is 4. The van der Waals surface area contributed by atoms with Crippen LogP contribution >= 0.6 is 0 Å². The van der Waals surface area contributed by atoms with Crippen LogP contribution in [0.2, 0.25) is 0 Å². The van der Waals surface area contributed by atoms with Crippen LogP contribution in [0.25, 0.3) is 0 Å². The van der Waals surface area contributed by atoms with Gasteiger partial charge in [0.1, 0.15) is 6.04 Å². The van der Waals surface area contributed by atoms with E-state index in [0.29, 0.717) is 18.1 Å². The highest BCUT2D eigenvalue weighted by molar-refractivity contribution is 5.72. The maximum absolute atomic E-state index is 10.5. The van der Waals surface area contributed by atoms with Crippen LogP contribution in [0.5, 0.6) is 0 Å². The molecule has 1 rings (SSSR count). The zero-order valence-electron chi connectivity index (χ0n) is 11.7. The zero-order valence-corrected chi connectivity index (χ0v) is 11.7. The normalized spacial score (nSPS) is 12.3. The van der Waals surface area contributed by atoms with E-state index in [4.69, 9.17) is 10.8 Å². The van der Waals surface area contributed by atoms with Crippen LogP contribution in [0.15, 0.2) is 0 Å². The SMILES string of the molecule is Cc1nnc(CCCNCCCCC(N)C(=O)O)nn1. The molecule has 0 aliphatic carbocycles. The lowest BCUT2D eigenvalue weighted by Crippen LogP contribution is -2.30. The van der Waals surface area contributed by atoms with Crippen molar-refractivity contribution < 1.29 is 9.90 Å². The maximum Gasteiger partial charge on any atom is 0.320 e. The Hall–Kier alpha value is -1.67. The molecule has 0 aliphatic rings. The van der Waals surface area contributed by atoms with E-state index in [9.17, 15) is 4.79 Å². The molecule has 1 aromatic heterocycles. The number of carboxylic acid groups (broad SMARTS) is 1. The molecular weight excluding hydrogens is 260 g/mol. The van der Waals surface area contributed by atoms with Gasteiger partial charge in [-0.3, -0.25) is 4.79 Å². The number of hydrogen-bond acceptors (Lipinski definition) is 7. The van der Waals surface area contributed by atoms with E-state index in [1.807, 2.05) is 0 Å². The van der Waals surface area contributed by atoms with Crippen molar-refractivity contribution in [3.63, 3.8) is 0 Å². The van der Waals surface area contributed by atoms with Gasteiger partial charge in [0.05, 0.1) is 0 Å². The van der Waals surface area contributed by atoms with E-state index >= 15 is 0 Å². The van der Waals surface area contributed by atoms with Crippen LogP contribution in [-0.2, 0) is 11.2 Å². The first-order valence-electron chi connectivity index (χ1n) is 6.81. The summed E-state index contributed by atoms with van der Waals surface area (Å²) < 4.78 is 0. The Morgan fingerprint density at radius 2 is 1.85 bits per heavy atom. The summed E-state index contributed by atoms with van der Waals surface area (Å²) in [6, 6.07) is -0.742. The molecule has 4 N–H and O–H groups in total. The molecule has 0 saturated heterocycles. The summed E-state index contributed by atoms with van der Waals surface area (Å²) in [4.78, 5) is 10.5. The predicted molar refractivity (Wildman–Crippen MR) is 73.0 cm³/mol. The van der Waals surface area contributed by atoms with Crippen molar-refractivity contribution in [3.8, 4) is 0 Å². The van der Waals surface area contributed by atoms with Crippen LogP contribution in [-0.4, -0.2) is 50.6 Å². The van der Waals surface area contributed by atoms with Gasteiger partial charge in [0.2, 0.25) is 0 Å². The van der Waals surface area contributed by atoms with Crippen LogP contribution in [0.3, 0.4) is 0 Å². The van der Waals surface area contributed by atoms with Crippen LogP contribution in [0.4, 0.5) is 0 Å². The molecule has 0 fully saturated rings. The predicted octanol–water partition coefficient (Wildman–Crippen LogP) is -0.321. The van der Waals surface area contributed by atoms with Gasteiger partial charge in [0.25, 0.3) is 0 Å². The van der Waals surface area contributed by atoms with E-state index in [0.717, 1.165) is 38.8 Å². The summed E-state index contributed by atoms with van der Waals surface area (Å²) in [6.45, 7) is 3.47. The number of aliphatic carboxylic acids is 1. The lowest BCUT2D eigenvalue weighted by Gasteiger charge is -2.06. The van der Waals surface area contributed by atoms with Gasteiger partial charge in [-0.15, -0.1) is 20.4 Å². The Morgan fingerprint density at radius 3 is 2.50 bits per heavy atom. The van der Waals surface area contributed by atoms with Gasteiger partial charge in [-0.2, -0.15) is 0 Å². The maximum atomic E-state index is 10.5. The lowest BCUT2D eigenvalue weighted by molar-refractivity contribution is -0.138. The number of carbonyl (C=O) groups is 1. The number of nitrogens with one attached hydrogen (secondary N) is 1. The molecule has 0 radical (unpaired) electrons. The first kappa shape index (κ1) is 16.4. The van der Waals surface area contributed by atoms with Crippen molar-refractivity contribution >= 4 is 5.97 Å². The Balaban J connectivity index is 1.95. The van der Waals surface area contributed by atoms with Gasteiger partial charge in [-0.1, -0.05) is 6.42 Å². The molecule has 1 heterocycles. The number of unbranched alkanes of at least 4 members (excludes halogenated alkanes) is 1. The molecule has 8 nitrogen and oxygen atoms in total. The highest BCUT2D eigenvalue weighted by Crippen LogP contribution is 1.98. The molecule has 20 heavy (non-hydrogen) atoms. The Morgan fingerprint density at radius 1 is 1.20 bits per heavy atom. The Bertz CT molecular complexity index is 397. The quantitative estimate of drug-likeness (QED) is 0.498. The molecule has 1 atom stereocenters. The molecule has 0 spiro atoms. The fourth-order valence-corrected chi connectivity index (χ4v) is 1.63. The number of carboxylic acids is 1. The topological polar surface area (TPSA) is 127 Å². The van der Waals surface area contributed by atoms with E-state index in [2.05, 4.69) is 25.7 Å². The van der Waals surface area contributed by atoms with E-state index in [-0.39, 0.29) is 0 Å². The number of hydrogen-bond donors (Lipinski definition) is 3. The standard InChI is InChI=1S/C12H22N6O2/c1-9-15-17-11(18-16-9)6-4-8-14-7-3-2-5-10(13)12(19)20/h10,14H,2-8,13H2,1H3,(H,19,20). The average molecular weight is 282 g/mol. The fraction of sp³-hybridized carbons (Fsp3) is 0.750. The lowest BCUT2D eigenvalue weighted by atomic mass is 10.1.